The topological polar surface area (TPSA) is 112 Å². The highest BCUT2D eigenvalue weighted by molar-refractivity contribution is 5.91. The average molecular weight is 493 g/mol. The van der Waals surface area contributed by atoms with Crippen molar-refractivity contribution in [3.8, 4) is 5.75 Å². The Balaban J connectivity index is 1.48. The zero-order valence-electron chi connectivity index (χ0n) is 20.7. The van der Waals surface area contributed by atoms with E-state index in [2.05, 4.69) is 15.6 Å². The van der Waals surface area contributed by atoms with Crippen LogP contribution in [0.25, 0.3) is 0 Å². The molecule has 3 N–H and O–H groups in total. The number of hydrogen-bond donors (Lipinski definition) is 3. The summed E-state index contributed by atoms with van der Waals surface area (Å²) in [4.78, 5) is 45.5. The summed E-state index contributed by atoms with van der Waals surface area (Å²) in [5.41, 5.74) is 0.691. The Kier molecular flexibility index (Phi) is 8.92. The first-order chi connectivity index (χ1) is 17.5. The highest BCUT2D eigenvalue weighted by Gasteiger charge is 2.38. The van der Waals surface area contributed by atoms with Gasteiger partial charge < -0.3 is 20.6 Å². The molecule has 1 aromatic carbocycles. The van der Waals surface area contributed by atoms with Gasteiger partial charge in [-0.2, -0.15) is 0 Å². The molecule has 4 rings (SSSR count). The summed E-state index contributed by atoms with van der Waals surface area (Å²) >= 11 is 0. The van der Waals surface area contributed by atoms with Crippen molar-refractivity contribution in [2.45, 2.75) is 88.8 Å². The first kappa shape index (κ1) is 25.7. The van der Waals surface area contributed by atoms with Crippen LogP contribution in [0.5, 0.6) is 5.75 Å². The lowest BCUT2D eigenvalue weighted by Crippen LogP contribution is -2.49. The number of anilines is 1. The second-order valence-corrected chi connectivity index (χ2v) is 9.84. The number of carbonyl (C=O) groups is 3. The van der Waals surface area contributed by atoms with Crippen LogP contribution in [0.15, 0.2) is 48.7 Å². The van der Waals surface area contributed by atoms with Crippen LogP contribution in [0.2, 0.25) is 0 Å². The normalized spacial score (nSPS) is 17.0. The minimum atomic E-state index is -0.760. The lowest BCUT2D eigenvalue weighted by Gasteiger charge is -2.37. The second-order valence-electron chi connectivity index (χ2n) is 9.84. The molecule has 2 aromatic rings. The number of phenols is 1. The van der Waals surface area contributed by atoms with E-state index in [4.69, 9.17) is 0 Å². The van der Waals surface area contributed by atoms with Crippen molar-refractivity contribution in [2.24, 2.45) is 0 Å². The summed E-state index contributed by atoms with van der Waals surface area (Å²) in [6, 6.07) is 11.2. The van der Waals surface area contributed by atoms with E-state index in [1.54, 1.807) is 53.6 Å². The fourth-order valence-corrected chi connectivity index (χ4v) is 5.36. The van der Waals surface area contributed by atoms with Gasteiger partial charge in [-0.25, -0.2) is 4.98 Å². The Hall–Kier alpha value is -3.42. The van der Waals surface area contributed by atoms with E-state index in [1.165, 1.54) is 0 Å². The molecule has 0 radical (unpaired) electrons. The van der Waals surface area contributed by atoms with Gasteiger partial charge >= 0.3 is 0 Å². The monoisotopic (exact) mass is 492 g/mol. The number of hydrogen-bond acceptors (Lipinski definition) is 5. The van der Waals surface area contributed by atoms with E-state index in [1.807, 2.05) is 0 Å². The molecule has 8 heteroatoms. The molecule has 2 fully saturated rings. The van der Waals surface area contributed by atoms with E-state index >= 15 is 0 Å². The molecule has 2 aliphatic rings. The molecule has 2 saturated carbocycles. The van der Waals surface area contributed by atoms with Crippen LogP contribution in [-0.2, 0) is 14.4 Å². The summed E-state index contributed by atoms with van der Waals surface area (Å²) in [5, 5.41) is 15.8. The standard InChI is InChI=1S/C28H36N4O4/c33-23-17-15-20(16-18-23)27(28(36)30-21-8-1-2-9-21)32(22-10-3-4-11-22)26(35)14-7-13-25(34)31-24-12-5-6-19-29-24/h5-6,12,15-19,21-22,27,33H,1-4,7-11,13-14H2,(H,30,36)(H,29,31,34)/t27-/m1/s1. The third kappa shape index (κ3) is 6.83. The van der Waals surface area contributed by atoms with E-state index in [0.717, 1.165) is 51.4 Å². The van der Waals surface area contributed by atoms with Crippen molar-refractivity contribution in [3.63, 3.8) is 0 Å². The molecule has 8 nitrogen and oxygen atoms in total. The van der Waals surface area contributed by atoms with Crippen LogP contribution in [0.1, 0.15) is 82.2 Å². The fraction of sp³-hybridized carbons (Fsp3) is 0.500. The molecule has 2 aliphatic carbocycles. The lowest BCUT2D eigenvalue weighted by atomic mass is 9.99. The number of nitrogens with zero attached hydrogens (tertiary/aromatic N) is 2. The Morgan fingerprint density at radius 2 is 1.64 bits per heavy atom. The van der Waals surface area contributed by atoms with Gasteiger partial charge in [0.15, 0.2) is 0 Å². The number of carbonyl (C=O) groups excluding carboxylic acids is 3. The number of nitrogens with one attached hydrogen (secondary N) is 2. The zero-order valence-corrected chi connectivity index (χ0v) is 20.7. The van der Waals surface area contributed by atoms with Gasteiger partial charge in [-0.05, 0) is 61.9 Å². The SMILES string of the molecule is O=C(CCCC(=O)N(C1CCCC1)[C@@H](C(=O)NC1CCCC1)c1ccc(O)cc1)Nc1ccccn1. The first-order valence-corrected chi connectivity index (χ1v) is 13.1. The Labute approximate surface area is 212 Å². The number of aromatic hydroxyl groups is 1. The number of phenolic OH excluding ortho intramolecular Hbond substituents is 1. The molecular weight excluding hydrogens is 456 g/mol. The molecule has 0 aliphatic heterocycles. The molecule has 36 heavy (non-hydrogen) atoms. The van der Waals surface area contributed by atoms with Crippen LogP contribution >= 0.6 is 0 Å². The summed E-state index contributed by atoms with van der Waals surface area (Å²) in [5.74, 6) is 0.125. The summed E-state index contributed by atoms with van der Waals surface area (Å²) in [7, 11) is 0. The van der Waals surface area contributed by atoms with E-state index < -0.39 is 6.04 Å². The molecule has 0 unspecified atom stereocenters. The number of rotatable bonds is 10. The summed E-state index contributed by atoms with van der Waals surface area (Å²) in [6.07, 6.45) is 10.2. The fourth-order valence-electron chi connectivity index (χ4n) is 5.36. The van der Waals surface area contributed by atoms with Gasteiger partial charge in [0, 0.05) is 31.1 Å². The molecule has 1 heterocycles. The molecular formula is C28H36N4O4. The van der Waals surface area contributed by atoms with Crippen molar-refractivity contribution >= 4 is 23.5 Å². The number of aromatic nitrogens is 1. The predicted molar refractivity (Wildman–Crippen MR) is 137 cm³/mol. The van der Waals surface area contributed by atoms with E-state index in [9.17, 15) is 19.5 Å². The summed E-state index contributed by atoms with van der Waals surface area (Å²) < 4.78 is 0. The number of benzene rings is 1. The summed E-state index contributed by atoms with van der Waals surface area (Å²) in [6.45, 7) is 0. The predicted octanol–water partition coefficient (Wildman–Crippen LogP) is 4.47. The van der Waals surface area contributed by atoms with E-state index in [-0.39, 0.29) is 48.4 Å². The molecule has 3 amide bonds. The quantitative estimate of drug-likeness (QED) is 0.453. The third-order valence-electron chi connectivity index (χ3n) is 7.17. The second kappa shape index (κ2) is 12.5. The van der Waals surface area contributed by atoms with Crippen molar-refractivity contribution in [3.05, 3.63) is 54.2 Å². The van der Waals surface area contributed by atoms with E-state index in [0.29, 0.717) is 17.8 Å². The number of pyridine rings is 1. The van der Waals surface area contributed by atoms with Crippen molar-refractivity contribution < 1.29 is 19.5 Å². The van der Waals surface area contributed by atoms with Crippen LogP contribution in [0.4, 0.5) is 5.82 Å². The number of amides is 3. The van der Waals surface area contributed by atoms with Crippen molar-refractivity contribution in [1.29, 1.82) is 0 Å². The maximum Gasteiger partial charge on any atom is 0.247 e. The third-order valence-corrected chi connectivity index (χ3v) is 7.17. The van der Waals surface area contributed by atoms with Gasteiger partial charge in [0.1, 0.15) is 17.6 Å². The van der Waals surface area contributed by atoms with Crippen LogP contribution in [0.3, 0.4) is 0 Å². The van der Waals surface area contributed by atoms with Gasteiger partial charge in [0.25, 0.3) is 0 Å². The highest BCUT2D eigenvalue weighted by Crippen LogP contribution is 2.34. The van der Waals surface area contributed by atoms with Gasteiger partial charge in [0.2, 0.25) is 17.7 Å². The van der Waals surface area contributed by atoms with Gasteiger partial charge in [0.05, 0.1) is 0 Å². The Bertz CT molecular complexity index is 1020. The van der Waals surface area contributed by atoms with Crippen molar-refractivity contribution in [2.75, 3.05) is 5.32 Å². The Morgan fingerprint density at radius 1 is 0.944 bits per heavy atom. The largest absolute Gasteiger partial charge is 0.508 e. The first-order valence-electron chi connectivity index (χ1n) is 13.1. The maximum atomic E-state index is 13.6. The molecule has 0 spiro atoms. The molecule has 192 valence electrons. The molecule has 0 bridgehead atoms. The van der Waals surface area contributed by atoms with Crippen LogP contribution in [0, 0.1) is 0 Å². The van der Waals surface area contributed by atoms with Gasteiger partial charge in [-0.1, -0.05) is 43.9 Å². The zero-order chi connectivity index (χ0) is 25.3. The minimum Gasteiger partial charge on any atom is -0.508 e. The maximum absolute atomic E-state index is 13.6. The lowest BCUT2D eigenvalue weighted by molar-refractivity contribution is -0.144. The Morgan fingerprint density at radius 3 is 2.31 bits per heavy atom. The van der Waals surface area contributed by atoms with Crippen molar-refractivity contribution in [1.82, 2.24) is 15.2 Å². The van der Waals surface area contributed by atoms with Crippen LogP contribution in [-0.4, -0.2) is 44.8 Å². The molecule has 1 atom stereocenters. The highest BCUT2D eigenvalue weighted by atomic mass is 16.3. The molecule has 0 saturated heterocycles. The van der Waals surface area contributed by atoms with Crippen LogP contribution < -0.4 is 10.6 Å². The minimum absolute atomic E-state index is 0.0204. The average Bonchev–Trinajstić information content (AvgIpc) is 3.58. The van der Waals surface area contributed by atoms with Gasteiger partial charge in [-0.15, -0.1) is 0 Å². The molecule has 1 aromatic heterocycles. The van der Waals surface area contributed by atoms with Gasteiger partial charge in [-0.3, -0.25) is 14.4 Å². The smallest absolute Gasteiger partial charge is 0.247 e.